The number of ether oxygens (including phenoxy) is 1. The largest absolute Gasteiger partial charge is 0.487 e. The van der Waals surface area contributed by atoms with Crippen LogP contribution in [0.5, 0.6) is 5.75 Å². The van der Waals surface area contributed by atoms with Crippen LogP contribution in [0.1, 0.15) is 44.2 Å². The Bertz CT molecular complexity index is 640. The topological polar surface area (TPSA) is 41.6 Å². The van der Waals surface area contributed by atoms with E-state index in [0.29, 0.717) is 0 Å². The highest BCUT2D eigenvalue weighted by molar-refractivity contribution is 5.84. The van der Waals surface area contributed by atoms with Crippen LogP contribution in [0.15, 0.2) is 18.2 Å². The molecule has 1 unspecified atom stereocenters. The molecular formula is C19H26N2O2. The van der Waals surface area contributed by atoms with Gasteiger partial charge in [-0.2, -0.15) is 0 Å². The number of piperidine rings is 1. The van der Waals surface area contributed by atoms with Gasteiger partial charge in [-0.3, -0.25) is 9.69 Å². The minimum absolute atomic E-state index is 0.0845. The van der Waals surface area contributed by atoms with Crippen molar-refractivity contribution in [3.8, 4) is 5.75 Å². The van der Waals surface area contributed by atoms with E-state index in [1.165, 1.54) is 11.1 Å². The van der Waals surface area contributed by atoms with E-state index < -0.39 is 0 Å². The second kappa shape index (κ2) is 5.23. The van der Waals surface area contributed by atoms with Crippen molar-refractivity contribution in [3.05, 3.63) is 29.3 Å². The number of nitrogens with zero attached hydrogens (tertiary/aromatic N) is 1. The number of hydrogen-bond donors (Lipinski definition) is 1. The summed E-state index contributed by atoms with van der Waals surface area (Å²) in [6.07, 6.45) is 4.13. The molecule has 1 aromatic carbocycles. The molecule has 2 saturated heterocycles. The second-order valence-electron chi connectivity index (χ2n) is 8.08. The molecule has 3 heterocycles. The maximum absolute atomic E-state index is 12.3. The zero-order valence-electron chi connectivity index (χ0n) is 14.2. The summed E-state index contributed by atoms with van der Waals surface area (Å²) >= 11 is 0. The fourth-order valence-electron chi connectivity index (χ4n) is 4.43. The SMILES string of the molecule is CC1(C)Cc2cc(CN3CCC4(CCCNC4=O)C3)ccc2O1. The van der Waals surface area contributed by atoms with Crippen molar-refractivity contribution < 1.29 is 9.53 Å². The van der Waals surface area contributed by atoms with E-state index in [-0.39, 0.29) is 16.9 Å². The van der Waals surface area contributed by atoms with Gasteiger partial charge in [0, 0.05) is 26.1 Å². The van der Waals surface area contributed by atoms with Gasteiger partial charge in [0.25, 0.3) is 0 Å². The van der Waals surface area contributed by atoms with Crippen molar-refractivity contribution in [1.29, 1.82) is 0 Å². The number of benzene rings is 1. The Hall–Kier alpha value is -1.55. The van der Waals surface area contributed by atoms with E-state index in [2.05, 4.69) is 42.3 Å². The molecule has 2 fully saturated rings. The monoisotopic (exact) mass is 314 g/mol. The molecule has 4 heteroatoms. The number of amides is 1. The van der Waals surface area contributed by atoms with Gasteiger partial charge in [0.2, 0.25) is 5.91 Å². The van der Waals surface area contributed by atoms with Crippen molar-refractivity contribution in [1.82, 2.24) is 10.2 Å². The third-order valence-corrected chi connectivity index (χ3v) is 5.57. The molecule has 1 spiro atoms. The van der Waals surface area contributed by atoms with Crippen molar-refractivity contribution in [2.24, 2.45) is 5.41 Å². The Labute approximate surface area is 138 Å². The minimum Gasteiger partial charge on any atom is -0.487 e. The number of carbonyl (C=O) groups is 1. The highest BCUT2D eigenvalue weighted by Gasteiger charge is 2.45. The fourth-order valence-corrected chi connectivity index (χ4v) is 4.43. The first kappa shape index (κ1) is 15.0. The summed E-state index contributed by atoms with van der Waals surface area (Å²) in [5.41, 5.74) is 2.44. The lowest BCUT2D eigenvalue weighted by Crippen LogP contribution is -2.47. The van der Waals surface area contributed by atoms with Gasteiger partial charge in [-0.25, -0.2) is 0 Å². The average molecular weight is 314 g/mol. The van der Waals surface area contributed by atoms with Gasteiger partial charge >= 0.3 is 0 Å². The van der Waals surface area contributed by atoms with E-state index in [9.17, 15) is 4.79 Å². The predicted molar refractivity (Wildman–Crippen MR) is 89.4 cm³/mol. The van der Waals surface area contributed by atoms with Crippen LogP contribution in [-0.4, -0.2) is 36.0 Å². The van der Waals surface area contributed by atoms with Crippen LogP contribution in [0, 0.1) is 5.41 Å². The molecule has 4 nitrogen and oxygen atoms in total. The van der Waals surface area contributed by atoms with E-state index >= 15 is 0 Å². The molecule has 3 aliphatic rings. The summed E-state index contributed by atoms with van der Waals surface area (Å²) < 4.78 is 5.96. The summed E-state index contributed by atoms with van der Waals surface area (Å²) in [6.45, 7) is 7.98. The molecule has 1 N–H and O–H groups in total. The average Bonchev–Trinajstić information content (AvgIpc) is 3.02. The van der Waals surface area contributed by atoms with Crippen LogP contribution in [0.3, 0.4) is 0 Å². The van der Waals surface area contributed by atoms with Crippen molar-refractivity contribution >= 4 is 5.91 Å². The molecule has 1 aromatic rings. The zero-order valence-corrected chi connectivity index (χ0v) is 14.2. The maximum atomic E-state index is 12.3. The third kappa shape index (κ3) is 2.74. The molecule has 0 bridgehead atoms. The van der Waals surface area contributed by atoms with Crippen LogP contribution in [0.4, 0.5) is 0 Å². The number of fused-ring (bicyclic) bond motifs is 1. The highest BCUT2D eigenvalue weighted by Crippen LogP contribution is 2.39. The normalized spacial score (nSPS) is 29.4. The van der Waals surface area contributed by atoms with Crippen LogP contribution in [-0.2, 0) is 17.8 Å². The lowest BCUT2D eigenvalue weighted by Gasteiger charge is -2.32. The van der Waals surface area contributed by atoms with Crippen LogP contribution >= 0.6 is 0 Å². The quantitative estimate of drug-likeness (QED) is 0.912. The van der Waals surface area contributed by atoms with Gasteiger partial charge < -0.3 is 10.1 Å². The summed E-state index contributed by atoms with van der Waals surface area (Å²) in [5.74, 6) is 1.30. The van der Waals surface area contributed by atoms with Crippen LogP contribution < -0.4 is 10.1 Å². The molecule has 1 amide bonds. The summed E-state index contributed by atoms with van der Waals surface area (Å²) in [5, 5.41) is 3.06. The summed E-state index contributed by atoms with van der Waals surface area (Å²) in [4.78, 5) is 14.7. The van der Waals surface area contributed by atoms with E-state index in [1.807, 2.05) is 0 Å². The van der Waals surface area contributed by atoms with Crippen molar-refractivity contribution in [3.63, 3.8) is 0 Å². The minimum atomic E-state index is -0.125. The fraction of sp³-hybridized carbons (Fsp3) is 0.632. The summed E-state index contributed by atoms with van der Waals surface area (Å²) in [7, 11) is 0. The Morgan fingerprint density at radius 3 is 3.00 bits per heavy atom. The number of rotatable bonds is 2. The van der Waals surface area contributed by atoms with Gasteiger partial charge in [-0.15, -0.1) is 0 Å². The van der Waals surface area contributed by atoms with Gasteiger partial charge in [0.15, 0.2) is 0 Å². The predicted octanol–water partition coefficient (Wildman–Crippen LogP) is 2.50. The first-order chi connectivity index (χ1) is 11.0. The molecule has 23 heavy (non-hydrogen) atoms. The lowest BCUT2D eigenvalue weighted by atomic mass is 9.79. The Balaban J connectivity index is 1.45. The lowest BCUT2D eigenvalue weighted by molar-refractivity contribution is -0.132. The molecule has 3 aliphatic heterocycles. The Morgan fingerprint density at radius 1 is 1.30 bits per heavy atom. The first-order valence-corrected chi connectivity index (χ1v) is 8.77. The number of hydrogen-bond acceptors (Lipinski definition) is 3. The van der Waals surface area contributed by atoms with Crippen molar-refractivity contribution in [2.75, 3.05) is 19.6 Å². The van der Waals surface area contributed by atoms with E-state index in [0.717, 1.165) is 57.6 Å². The Kier molecular flexibility index (Phi) is 3.41. The molecule has 4 rings (SSSR count). The smallest absolute Gasteiger partial charge is 0.227 e. The summed E-state index contributed by atoms with van der Waals surface area (Å²) in [6, 6.07) is 6.57. The third-order valence-electron chi connectivity index (χ3n) is 5.57. The zero-order chi connectivity index (χ0) is 16.1. The van der Waals surface area contributed by atoms with Crippen molar-refractivity contribution in [2.45, 2.75) is 51.7 Å². The Morgan fingerprint density at radius 2 is 2.17 bits per heavy atom. The molecule has 0 saturated carbocycles. The van der Waals surface area contributed by atoms with Gasteiger partial charge in [-0.05, 0) is 56.8 Å². The molecule has 0 radical (unpaired) electrons. The molecule has 1 atom stereocenters. The number of likely N-dealkylation sites (tertiary alicyclic amines) is 1. The van der Waals surface area contributed by atoms with E-state index in [4.69, 9.17) is 4.74 Å². The van der Waals surface area contributed by atoms with Gasteiger partial charge in [0.1, 0.15) is 11.4 Å². The standard InChI is InChI=1S/C19H26N2O2/c1-18(2)11-15-10-14(4-5-16(15)23-18)12-21-9-7-19(13-21)6-3-8-20-17(19)22/h4-5,10H,3,6-9,11-13H2,1-2H3,(H,20,22). The van der Waals surface area contributed by atoms with Crippen LogP contribution in [0.25, 0.3) is 0 Å². The maximum Gasteiger partial charge on any atom is 0.227 e. The molecule has 124 valence electrons. The molecule has 0 aliphatic carbocycles. The number of nitrogens with one attached hydrogen (secondary N) is 1. The van der Waals surface area contributed by atoms with Gasteiger partial charge in [-0.1, -0.05) is 12.1 Å². The van der Waals surface area contributed by atoms with Gasteiger partial charge in [0.05, 0.1) is 5.41 Å². The molecule has 0 aromatic heterocycles. The first-order valence-electron chi connectivity index (χ1n) is 8.77. The molecular weight excluding hydrogens is 288 g/mol. The van der Waals surface area contributed by atoms with E-state index in [1.54, 1.807) is 0 Å². The number of carbonyl (C=O) groups excluding carboxylic acids is 1. The second-order valence-corrected chi connectivity index (χ2v) is 8.08. The highest BCUT2D eigenvalue weighted by atomic mass is 16.5. The van der Waals surface area contributed by atoms with Crippen LogP contribution in [0.2, 0.25) is 0 Å².